The van der Waals surface area contributed by atoms with Crippen LogP contribution in [0.4, 0.5) is 5.95 Å². The molecule has 1 aliphatic heterocycles. The number of hydrogen-bond donors (Lipinski definition) is 1. The van der Waals surface area contributed by atoms with Crippen LogP contribution in [0.5, 0.6) is 0 Å². The second-order valence-corrected chi connectivity index (χ2v) is 10.2. The van der Waals surface area contributed by atoms with Crippen molar-refractivity contribution in [2.24, 2.45) is 0 Å². The molecule has 1 aliphatic carbocycles. The molecule has 1 N–H and O–H groups in total. The molecule has 0 aromatic carbocycles. The molecular weight excluding hydrogens is 440 g/mol. The van der Waals surface area contributed by atoms with Crippen LogP contribution in [0, 0.1) is 6.92 Å². The summed E-state index contributed by atoms with van der Waals surface area (Å²) in [5.41, 5.74) is 4.99. The predicted molar refractivity (Wildman–Crippen MR) is 137 cm³/mol. The zero-order valence-electron chi connectivity index (χ0n) is 20.8. The number of aromatic nitrogens is 6. The summed E-state index contributed by atoms with van der Waals surface area (Å²) < 4.78 is 9.84. The van der Waals surface area contributed by atoms with E-state index in [4.69, 9.17) is 19.8 Å². The Bertz CT molecular complexity index is 1330. The first-order valence-electron chi connectivity index (χ1n) is 12.8. The van der Waals surface area contributed by atoms with Gasteiger partial charge in [0.1, 0.15) is 5.82 Å². The number of fused-ring (bicyclic) bond motifs is 2. The van der Waals surface area contributed by atoms with Crippen molar-refractivity contribution in [2.75, 3.05) is 32.6 Å². The third kappa shape index (κ3) is 4.27. The SMILES string of the molecule is Cc1nc2ncc(-c3ccn4nc(N[C@H]5CC[C@H](N(C)C)CC5)ncc34)cc2n1C1CCOCC1. The molecule has 0 radical (unpaired) electrons. The third-order valence-electron chi connectivity index (χ3n) is 7.77. The highest BCUT2D eigenvalue weighted by molar-refractivity contribution is 5.85. The van der Waals surface area contributed by atoms with E-state index in [1.165, 1.54) is 12.8 Å². The number of imidazole rings is 1. The van der Waals surface area contributed by atoms with Crippen LogP contribution in [-0.4, -0.2) is 73.4 Å². The molecule has 1 saturated heterocycles. The molecule has 4 aromatic heterocycles. The van der Waals surface area contributed by atoms with E-state index < -0.39 is 0 Å². The van der Waals surface area contributed by atoms with E-state index in [0.29, 0.717) is 24.1 Å². The molecular formula is C26H34N8O. The quantitative estimate of drug-likeness (QED) is 0.466. The molecule has 0 amide bonds. The molecule has 2 aliphatic rings. The van der Waals surface area contributed by atoms with Crippen molar-refractivity contribution in [3.05, 3.63) is 36.5 Å². The summed E-state index contributed by atoms with van der Waals surface area (Å²) >= 11 is 0. The van der Waals surface area contributed by atoms with Gasteiger partial charge in [-0.25, -0.2) is 19.5 Å². The van der Waals surface area contributed by atoms with Crippen molar-refractivity contribution >= 4 is 22.6 Å². The summed E-state index contributed by atoms with van der Waals surface area (Å²) in [6.07, 6.45) is 12.6. The lowest BCUT2D eigenvalue weighted by Crippen LogP contribution is -2.36. The Morgan fingerprint density at radius 2 is 1.80 bits per heavy atom. The van der Waals surface area contributed by atoms with Gasteiger partial charge in [0.2, 0.25) is 5.95 Å². The fraction of sp³-hybridized carbons (Fsp3) is 0.538. The van der Waals surface area contributed by atoms with E-state index in [9.17, 15) is 0 Å². The number of rotatable bonds is 5. The number of hydrogen-bond acceptors (Lipinski definition) is 7. The second kappa shape index (κ2) is 9.20. The fourth-order valence-corrected chi connectivity index (χ4v) is 5.77. The molecule has 0 spiro atoms. The van der Waals surface area contributed by atoms with Crippen LogP contribution in [0.3, 0.4) is 0 Å². The fourth-order valence-electron chi connectivity index (χ4n) is 5.77. The number of ether oxygens (including phenoxy) is 1. The zero-order chi connectivity index (χ0) is 23.9. The van der Waals surface area contributed by atoms with E-state index in [1.807, 2.05) is 23.1 Å². The van der Waals surface area contributed by atoms with Gasteiger partial charge in [-0.2, -0.15) is 0 Å². The van der Waals surface area contributed by atoms with Crippen molar-refractivity contribution in [3.63, 3.8) is 0 Å². The van der Waals surface area contributed by atoms with Crippen LogP contribution in [0.2, 0.25) is 0 Å². The molecule has 1 saturated carbocycles. The number of pyridine rings is 1. The van der Waals surface area contributed by atoms with Crippen LogP contribution >= 0.6 is 0 Å². The van der Waals surface area contributed by atoms with Gasteiger partial charge >= 0.3 is 0 Å². The molecule has 35 heavy (non-hydrogen) atoms. The van der Waals surface area contributed by atoms with E-state index in [0.717, 1.165) is 72.5 Å². The normalized spacial score (nSPS) is 21.8. The minimum absolute atomic E-state index is 0.404. The first kappa shape index (κ1) is 22.4. The highest BCUT2D eigenvalue weighted by atomic mass is 16.5. The van der Waals surface area contributed by atoms with Gasteiger partial charge in [0, 0.05) is 54.9 Å². The van der Waals surface area contributed by atoms with Crippen LogP contribution in [0.25, 0.3) is 27.8 Å². The van der Waals surface area contributed by atoms with Gasteiger partial charge in [-0.15, -0.1) is 5.10 Å². The maximum absolute atomic E-state index is 5.58. The average molecular weight is 475 g/mol. The Kier molecular flexibility index (Phi) is 5.89. The van der Waals surface area contributed by atoms with Crippen molar-refractivity contribution in [1.29, 1.82) is 0 Å². The standard InChI is InChI=1S/C26H34N8O/c1-17-29-25-23(34(17)21-9-12-35-13-10-21)14-18(15-27-25)22-8-11-33-24(22)16-28-26(31-33)30-19-4-6-20(7-5-19)32(2)3/h8,11,14-16,19-21H,4-7,9-10,12-13H2,1-3H3,(H,30,31)/t19-,20-. The molecule has 2 fully saturated rings. The molecule has 0 unspecified atom stereocenters. The molecule has 4 aromatic rings. The van der Waals surface area contributed by atoms with Gasteiger partial charge in [0.25, 0.3) is 0 Å². The molecule has 6 rings (SSSR count). The lowest BCUT2D eigenvalue weighted by atomic mass is 9.91. The van der Waals surface area contributed by atoms with Crippen molar-refractivity contribution in [2.45, 2.75) is 63.6 Å². The Morgan fingerprint density at radius 1 is 1.00 bits per heavy atom. The average Bonchev–Trinajstić information content (AvgIpc) is 3.44. The minimum Gasteiger partial charge on any atom is -0.381 e. The summed E-state index contributed by atoms with van der Waals surface area (Å²) in [6, 6.07) is 5.82. The van der Waals surface area contributed by atoms with E-state index >= 15 is 0 Å². The summed E-state index contributed by atoms with van der Waals surface area (Å²) in [7, 11) is 4.35. The summed E-state index contributed by atoms with van der Waals surface area (Å²) in [5.74, 6) is 1.70. The largest absolute Gasteiger partial charge is 0.381 e. The van der Waals surface area contributed by atoms with Crippen molar-refractivity contribution in [3.8, 4) is 11.1 Å². The topological polar surface area (TPSA) is 85.4 Å². The predicted octanol–water partition coefficient (Wildman–Crippen LogP) is 4.09. The lowest BCUT2D eigenvalue weighted by Gasteiger charge is -2.32. The first-order chi connectivity index (χ1) is 17.1. The maximum Gasteiger partial charge on any atom is 0.241 e. The van der Waals surface area contributed by atoms with Gasteiger partial charge in [-0.05, 0) is 71.7 Å². The van der Waals surface area contributed by atoms with Gasteiger partial charge in [0.05, 0.1) is 17.2 Å². The van der Waals surface area contributed by atoms with E-state index in [-0.39, 0.29) is 0 Å². The number of nitrogens with zero attached hydrogens (tertiary/aromatic N) is 7. The Labute approximate surface area is 205 Å². The number of anilines is 1. The molecule has 5 heterocycles. The van der Waals surface area contributed by atoms with Crippen molar-refractivity contribution < 1.29 is 4.74 Å². The van der Waals surface area contributed by atoms with Crippen LogP contribution in [-0.2, 0) is 4.74 Å². The summed E-state index contributed by atoms with van der Waals surface area (Å²) in [4.78, 5) is 16.4. The molecule has 184 valence electrons. The molecule has 0 atom stereocenters. The smallest absolute Gasteiger partial charge is 0.241 e. The Hall–Kier alpha value is -3.04. The minimum atomic E-state index is 0.404. The second-order valence-electron chi connectivity index (χ2n) is 10.2. The maximum atomic E-state index is 5.58. The lowest BCUT2D eigenvalue weighted by molar-refractivity contribution is 0.0701. The van der Waals surface area contributed by atoms with Crippen molar-refractivity contribution in [1.82, 2.24) is 34.0 Å². The zero-order valence-corrected chi connectivity index (χ0v) is 20.8. The number of aryl methyl sites for hydroxylation is 1. The summed E-state index contributed by atoms with van der Waals surface area (Å²) in [5, 5.41) is 8.32. The summed E-state index contributed by atoms with van der Waals surface area (Å²) in [6.45, 7) is 3.66. The van der Waals surface area contributed by atoms with E-state index in [1.54, 1.807) is 0 Å². The van der Waals surface area contributed by atoms with Crippen LogP contribution < -0.4 is 5.32 Å². The van der Waals surface area contributed by atoms with Crippen LogP contribution in [0.15, 0.2) is 30.7 Å². The molecule has 9 heteroatoms. The Morgan fingerprint density at radius 3 is 2.57 bits per heavy atom. The van der Waals surface area contributed by atoms with Gasteiger partial charge in [-0.1, -0.05) is 0 Å². The van der Waals surface area contributed by atoms with Gasteiger partial charge in [0.15, 0.2) is 5.65 Å². The monoisotopic (exact) mass is 474 g/mol. The first-order valence-corrected chi connectivity index (χ1v) is 12.8. The highest BCUT2D eigenvalue weighted by Gasteiger charge is 2.24. The van der Waals surface area contributed by atoms with Gasteiger partial charge in [-0.3, -0.25) is 0 Å². The van der Waals surface area contributed by atoms with Gasteiger partial charge < -0.3 is 19.5 Å². The highest BCUT2D eigenvalue weighted by Crippen LogP contribution is 2.31. The number of nitrogens with one attached hydrogen (secondary N) is 1. The Balaban J connectivity index is 1.26. The molecule has 9 nitrogen and oxygen atoms in total. The third-order valence-corrected chi connectivity index (χ3v) is 7.77. The molecule has 0 bridgehead atoms. The van der Waals surface area contributed by atoms with E-state index in [2.05, 4.69) is 52.9 Å². The van der Waals surface area contributed by atoms with Crippen LogP contribution in [0.1, 0.15) is 50.4 Å².